The molecule has 1 aliphatic carbocycles. The molecule has 1 saturated carbocycles. The van der Waals surface area contributed by atoms with Crippen molar-refractivity contribution in [2.24, 2.45) is 11.3 Å². The fourth-order valence-corrected chi connectivity index (χ4v) is 3.26. The van der Waals surface area contributed by atoms with Gasteiger partial charge in [-0.3, -0.25) is 0 Å². The second-order valence-corrected chi connectivity index (χ2v) is 7.26. The maximum atomic E-state index is 5.45. The number of anilines is 1. The predicted octanol–water partition coefficient (Wildman–Crippen LogP) is 5.02. The molecule has 112 valence electrons. The molecule has 0 atom stereocenters. The fraction of sp³-hybridized carbons (Fsp3) is 0.667. The summed E-state index contributed by atoms with van der Waals surface area (Å²) in [7, 11) is 1.74. The summed E-state index contributed by atoms with van der Waals surface area (Å²) in [5, 5.41) is 3.69. The number of ether oxygens (including phenoxy) is 1. The van der Waals surface area contributed by atoms with Gasteiger partial charge in [0.15, 0.2) is 0 Å². The van der Waals surface area contributed by atoms with Crippen molar-refractivity contribution in [3.63, 3.8) is 0 Å². The summed E-state index contributed by atoms with van der Waals surface area (Å²) in [5.41, 5.74) is 2.87. The highest BCUT2D eigenvalue weighted by atomic mass is 16.5. The van der Waals surface area contributed by atoms with E-state index in [0.717, 1.165) is 17.4 Å². The highest BCUT2D eigenvalue weighted by molar-refractivity contribution is 5.58. The van der Waals surface area contributed by atoms with Crippen LogP contribution in [-0.4, -0.2) is 13.2 Å². The number of hydrogen-bond donors (Lipinski definition) is 1. The molecule has 0 heterocycles. The first-order valence-corrected chi connectivity index (χ1v) is 7.81. The highest BCUT2D eigenvalue weighted by Crippen LogP contribution is 2.39. The van der Waals surface area contributed by atoms with Crippen LogP contribution in [0, 0.1) is 18.3 Å². The normalized spacial score (nSPS) is 23.4. The Bertz CT molecular complexity index is 439. The van der Waals surface area contributed by atoms with Crippen molar-refractivity contribution in [1.82, 2.24) is 0 Å². The van der Waals surface area contributed by atoms with Gasteiger partial charge in [-0.2, -0.15) is 0 Å². The Morgan fingerprint density at radius 1 is 1.10 bits per heavy atom. The Morgan fingerprint density at radius 2 is 1.75 bits per heavy atom. The Balaban J connectivity index is 1.97. The van der Waals surface area contributed by atoms with E-state index in [1.54, 1.807) is 7.11 Å². The van der Waals surface area contributed by atoms with Crippen molar-refractivity contribution < 1.29 is 4.74 Å². The Kier molecular flexibility index (Phi) is 4.62. The minimum Gasteiger partial charge on any atom is -0.495 e. The smallest absolute Gasteiger partial charge is 0.141 e. The van der Waals surface area contributed by atoms with Crippen LogP contribution in [0.4, 0.5) is 5.69 Å². The molecule has 0 spiro atoms. The summed E-state index contributed by atoms with van der Waals surface area (Å²) in [6.45, 7) is 9.24. The standard InChI is InChI=1S/C18H29NO/c1-13-6-11-17(20-5)16(12-13)19-15-9-7-14(8-10-15)18(2,3)4/h6,11-12,14-15,19H,7-10H2,1-5H3. The average Bonchev–Trinajstić information content (AvgIpc) is 2.38. The molecule has 20 heavy (non-hydrogen) atoms. The lowest BCUT2D eigenvalue weighted by Crippen LogP contribution is -2.31. The summed E-state index contributed by atoms with van der Waals surface area (Å²) in [6, 6.07) is 6.93. The molecule has 0 amide bonds. The van der Waals surface area contributed by atoms with Crippen LogP contribution < -0.4 is 10.1 Å². The number of nitrogens with one attached hydrogen (secondary N) is 1. The van der Waals surface area contributed by atoms with E-state index in [-0.39, 0.29) is 0 Å². The SMILES string of the molecule is COc1ccc(C)cc1NC1CCC(C(C)(C)C)CC1. The van der Waals surface area contributed by atoms with Crippen LogP contribution in [0.25, 0.3) is 0 Å². The number of benzene rings is 1. The first-order chi connectivity index (χ1) is 9.40. The van der Waals surface area contributed by atoms with Gasteiger partial charge in [-0.05, 0) is 61.6 Å². The molecular weight excluding hydrogens is 246 g/mol. The van der Waals surface area contributed by atoms with Gasteiger partial charge in [0.05, 0.1) is 12.8 Å². The van der Waals surface area contributed by atoms with Crippen LogP contribution in [0.15, 0.2) is 18.2 Å². The van der Waals surface area contributed by atoms with E-state index in [9.17, 15) is 0 Å². The van der Waals surface area contributed by atoms with Gasteiger partial charge in [0.2, 0.25) is 0 Å². The van der Waals surface area contributed by atoms with Gasteiger partial charge < -0.3 is 10.1 Å². The lowest BCUT2D eigenvalue weighted by atomic mass is 9.71. The lowest BCUT2D eigenvalue weighted by Gasteiger charge is -2.37. The average molecular weight is 275 g/mol. The molecule has 0 saturated heterocycles. The molecule has 2 nitrogen and oxygen atoms in total. The maximum Gasteiger partial charge on any atom is 0.141 e. The van der Waals surface area contributed by atoms with E-state index < -0.39 is 0 Å². The van der Waals surface area contributed by atoms with Crippen LogP contribution >= 0.6 is 0 Å². The molecule has 1 aliphatic rings. The van der Waals surface area contributed by atoms with E-state index in [1.165, 1.54) is 31.2 Å². The minimum absolute atomic E-state index is 0.450. The van der Waals surface area contributed by atoms with E-state index >= 15 is 0 Å². The van der Waals surface area contributed by atoms with E-state index in [4.69, 9.17) is 4.74 Å². The lowest BCUT2D eigenvalue weighted by molar-refractivity contribution is 0.173. The first kappa shape index (κ1) is 15.2. The molecule has 1 aromatic carbocycles. The summed E-state index contributed by atoms with van der Waals surface area (Å²) in [4.78, 5) is 0. The Morgan fingerprint density at radius 3 is 2.30 bits per heavy atom. The molecule has 0 aliphatic heterocycles. The molecule has 2 rings (SSSR count). The molecular formula is C18H29NO. The maximum absolute atomic E-state index is 5.45. The molecule has 1 N–H and O–H groups in total. The number of rotatable bonds is 3. The largest absolute Gasteiger partial charge is 0.495 e. The molecule has 1 fully saturated rings. The number of hydrogen-bond acceptors (Lipinski definition) is 2. The van der Waals surface area contributed by atoms with Crippen molar-refractivity contribution >= 4 is 5.69 Å². The summed E-state index contributed by atoms with van der Waals surface area (Å²) in [6.07, 6.45) is 5.18. The number of aryl methyl sites for hydroxylation is 1. The second kappa shape index (κ2) is 6.07. The molecule has 0 radical (unpaired) electrons. The third kappa shape index (κ3) is 3.68. The van der Waals surface area contributed by atoms with E-state index in [2.05, 4.69) is 51.2 Å². The van der Waals surface area contributed by atoms with Crippen molar-refractivity contribution in [2.45, 2.75) is 59.4 Å². The molecule has 0 aromatic heterocycles. The van der Waals surface area contributed by atoms with Crippen LogP contribution in [0.1, 0.15) is 52.0 Å². The first-order valence-electron chi connectivity index (χ1n) is 7.81. The van der Waals surface area contributed by atoms with Gasteiger partial charge >= 0.3 is 0 Å². The Labute approximate surface area is 123 Å². The third-order valence-electron chi connectivity index (χ3n) is 4.67. The third-order valence-corrected chi connectivity index (χ3v) is 4.67. The van der Waals surface area contributed by atoms with Gasteiger partial charge in [-0.15, -0.1) is 0 Å². The topological polar surface area (TPSA) is 21.3 Å². The van der Waals surface area contributed by atoms with Crippen molar-refractivity contribution in [3.8, 4) is 5.75 Å². The van der Waals surface area contributed by atoms with Crippen molar-refractivity contribution in [1.29, 1.82) is 0 Å². The molecule has 2 heteroatoms. The zero-order chi connectivity index (χ0) is 14.8. The van der Waals surface area contributed by atoms with Gasteiger partial charge in [-0.25, -0.2) is 0 Å². The fourth-order valence-electron chi connectivity index (χ4n) is 3.26. The van der Waals surface area contributed by atoms with Crippen molar-refractivity contribution in [2.75, 3.05) is 12.4 Å². The minimum atomic E-state index is 0.450. The zero-order valence-electron chi connectivity index (χ0n) is 13.6. The summed E-state index contributed by atoms with van der Waals surface area (Å²) in [5.74, 6) is 1.81. The zero-order valence-corrected chi connectivity index (χ0v) is 13.6. The van der Waals surface area contributed by atoms with Crippen LogP contribution in [0.2, 0.25) is 0 Å². The quantitative estimate of drug-likeness (QED) is 0.836. The van der Waals surface area contributed by atoms with Crippen LogP contribution in [-0.2, 0) is 0 Å². The van der Waals surface area contributed by atoms with Gasteiger partial charge in [0.1, 0.15) is 5.75 Å². The van der Waals surface area contributed by atoms with Crippen LogP contribution in [0.3, 0.4) is 0 Å². The summed E-state index contributed by atoms with van der Waals surface area (Å²) >= 11 is 0. The van der Waals surface area contributed by atoms with E-state index in [0.29, 0.717) is 11.5 Å². The second-order valence-electron chi connectivity index (χ2n) is 7.26. The monoisotopic (exact) mass is 275 g/mol. The van der Waals surface area contributed by atoms with E-state index in [1.807, 2.05) is 0 Å². The highest BCUT2D eigenvalue weighted by Gasteiger charge is 2.29. The van der Waals surface area contributed by atoms with Gasteiger partial charge in [0, 0.05) is 6.04 Å². The molecule has 0 unspecified atom stereocenters. The van der Waals surface area contributed by atoms with Gasteiger partial charge in [0.25, 0.3) is 0 Å². The van der Waals surface area contributed by atoms with Gasteiger partial charge in [-0.1, -0.05) is 26.8 Å². The molecule has 1 aromatic rings. The molecule has 0 bridgehead atoms. The number of methoxy groups -OCH3 is 1. The van der Waals surface area contributed by atoms with Crippen molar-refractivity contribution in [3.05, 3.63) is 23.8 Å². The summed E-state index contributed by atoms with van der Waals surface area (Å²) < 4.78 is 5.45. The van der Waals surface area contributed by atoms with Crippen LogP contribution in [0.5, 0.6) is 5.75 Å². The Hall–Kier alpha value is -1.18. The predicted molar refractivity (Wildman–Crippen MR) is 86.6 cm³/mol.